The Bertz CT molecular complexity index is 4050. The molecule has 1 aliphatic carbocycles. The van der Waals surface area contributed by atoms with Gasteiger partial charge in [0.05, 0.1) is 62.4 Å². The summed E-state index contributed by atoms with van der Waals surface area (Å²) in [5.74, 6) is 7.73. The minimum Gasteiger partial charge on any atom is -0.494 e. The Balaban J connectivity index is 0.909. The molecule has 0 heterocycles. The fraction of sp³-hybridized carbons (Fsp3) is 0.220. The van der Waals surface area contributed by atoms with Crippen LogP contribution in [0.15, 0.2) is 228 Å². The van der Waals surface area contributed by atoms with Crippen molar-refractivity contribution in [1.29, 1.82) is 0 Å². The highest BCUT2D eigenvalue weighted by molar-refractivity contribution is 5.94. The molecule has 1 aliphatic rings. The molecule has 18 heteroatoms. The quantitative estimate of drug-likeness (QED) is 0.00616. The highest BCUT2D eigenvalue weighted by Crippen LogP contribution is 2.40. The SMILES string of the molecule is C=CC(=O)OCCCCCCOc1ccc(-c2ccc(C(=O)OC3(/C=N/N=C/c4ccc(C#Cc5cc(F)cc(F)c5)cc4)CCC(/C=N/N=C/c4ccc(C#Cc5cc(F)cc(F)c5)cc4)(OC(=O)c4ccc(-c5ccc(OCCCCCCOC(=O)C=C)cc5)cc4)CC3)cc2)cc1. The third-order valence-corrected chi connectivity index (χ3v) is 16.0. The molecule has 8 aromatic rings. The third kappa shape index (κ3) is 23.2. The van der Waals surface area contributed by atoms with Crippen LogP contribution in [-0.4, -0.2) is 86.4 Å². The normalized spacial score (nSPS) is 14.9. The number of carbonyl (C=O) groups excluding carboxylic acids is 4. The average Bonchev–Trinajstić information content (AvgIpc) is 0.783. The van der Waals surface area contributed by atoms with E-state index in [0.29, 0.717) is 60.2 Å². The van der Waals surface area contributed by atoms with Gasteiger partial charge in [-0.2, -0.15) is 20.4 Å². The Morgan fingerprint density at radius 3 is 1.02 bits per heavy atom. The molecule has 8 aromatic carbocycles. The predicted molar refractivity (Wildman–Crippen MR) is 378 cm³/mol. The van der Waals surface area contributed by atoms with Crippen LogP contribution in [0, 0.1) is 47.0 Å². The Kier molecular flexibility index (Phi) is 26.9. The summed E-state index contributed by atoms with van der Waals surface area (Å²) in [6.07, 6.45) is 15.4. The maximum absolute atomic E-state index is 14.4. The molecule has 100 heavy (non-hydrogen) atoms. The van der Waals surface area contributed by atoms with Crippen LogP contribution in [0.3, 0.4) is 0 Å². The lowest BCUT2D eigenvalue weighted by atomic mass is 9.76. The van der Waals surface area contributed by atoms with Gasteiger partial charge in [0.2, 0.25) is 0 Å². The van der Waals surface area contributed by atoms with Crippen molar-refractivity contribution in [2.24, 2.45) is 20.4 Å². The van der Waals surface area contributed by atoms with Gasteiger partial charge in [-0.15, -0.1) is 0 Å². The molecule has 1 saturated carbocycles. The van der Waals surface area contributed by atoms with Crippen molar-refractivity contribution in [3.05, 3.63) is 275 Å². The van der Waals surface area contributed by atoms with E-state index >= 15 is 0 Å². The van der Waals surface area contributed by atoms with Gasteiger partial charge in [-0.25, -0.2) is 36.7 Å². The van der Waals surface area contributed by atoms with Crippen molar-refractivity contribution in [3.8, 4) is 57.4 Å². The Morgan fingerprint density at radius 1 is 0.380 bits per heavy atom. The summed E-state index contributed by atoms with van der Waals surface area (Å²) in [5.41, 5.74) is 4.10. The molecule has 0 unspecified atom stereocenters. The number of halogens is 4. The van der Waals surface area contributed by atoms with Gasteiger partial charge >= 0.3 is 23.9 Å². The van der Waals surface area contributed by atoms with Crippen LogP contribution in [0.1, 0.15) is 131 Å². The highest BCUT2D eigenvalue weighted by atomic mass is 19.1. The fourth-order valence-electron chi connectivity index (χ4n) is 10.5. The first-order chi connectivity index (χ1) is 48.6. The zero-order chi connectivity index (χ0) is 70.4. The van der Waals surface area contributed by atoms with Gasteiger partial charge in [-0.1, -0.05) is 110 Å². The summed E-state index contributed by atoms with van der Waals surface area (Å²) in [6.45, 7) is 8.59. The van der Waals surface area contributed by atoms with Gasteiger partial charge in [0, 0.05) is 46.5 Å². The van der Waals surface area contributed by atoms with E-state index in [1.54, 1.807) is 72.8 Å². The number of unbranched alkanes of at least 4 members (excludes halogenated alkanes) is 6. The molecule has 0 amide bonds. The number of esters is 4. The molecule has 0 radical (unpaired) electrons. The molecule has 0 aliphatic heterocycles. The molecule has 0 atom stereocenters. The van der Waals surface area contributed by atoms with Crippen LogP contribution in [0.4, 0.5) is 17.6 Å². The average molecular weight is 1350 g/mol. The van der Waals surface area contributed by atoms with E-state index in [-0.39, 0.29) is 47.9 Å². The molecule has 0 N–H and O–H groups in total. The number of carbonyl (C=O) groups is 4. The van der Waals surface area contributed by atoms with Gasteiger partial charge in [-0.05, 0) is 207 Å². The van der Waals surface area contributed by atoms with Crippen molar-refractivity contribution in [1.82, 2.24) is 0 Å². The van der Waals surface area contributed by atoms with E-state index in [9.17, 15) is 36.7 Å². The van der Waals surface area contributed by atoms with Gasteiger partial charge in [0.1, 0.15) is 46.0 Å². The molecule has 0 bridgehead atoms. The molecular formula is C82H72F4N4O10. The lowest BCUT2D eigenvalue weighted by Crippen LogP contribution is -2.49. The first-order valence-corrected chi connectivity index (χ1v) is 32.6. The highest BCUT2D eigenvalue weighted by Gasteiger charge is 2.47. The van der Waals surface area contributed by atoms with Crippen LogP contribution in [0.5, 0.6) is 11.5 Å². The van der Waals surface area contributed by atoms with Crippen molar-refractivity contribution < 1.29 is 65.2 Å². The van der Waals surface area contributed by atoms with E-state index in [1.807, 2.05) is 72.8 Å². The third-order valence-electron chi connectivity index (χ3n) is 16.0. The number of benzene rings is 8. The van der Waals surface area contributed by atoms with Gasteiger partial charge < -0.3 is 28.4 Å². The summed E-state index contributed by atoms with van der Waals surface area (Å²) >= 11 is 0. The van der Waals surface area contributed by atoms with Crippen LogP contribution in [0.25, 0.3) is 22.3 Å². The van der Waals surface area contributed by atoms with Gasteiger partial charge in [-0.3, -0.25) is 0 Å². The largest absolute Gasteiger partial charge is 0.494 e. The lowest BCUT2D eigenvalue weighted by Gasteiger charge is -2.41. The predicted octanol–water partition coefficient (Wildman–Crippen LogP) is 17.0. The van der Waals surface area contributed by atoms with Gasteiger partial charge in [0.25, 0.3) is 0 Å². The number of ether oxygens (including phenoxy) is 6. The molecule has 0 aromatic heterocycles. The van der Waals surface area contributed by atoms with E-state index < -0.39 is 58.3 Å². The molecule has 1 fully saturated rings. The summed E-state index contributed by atoms with van der Waals surface area (Å²) in [6, 6.07) is 49.3. The number of rotatable bonds is 30. The summed E-state index contributed by atoms with van der Waals surface area (Å²) < 4.78 is 90.1. The second kappa shape index (κ2) is 37.1. The summed E-state index contributed by atoms with van der Waals surface area (Å²) in [4.78, 5) is 51.3. The van der Waals surface area contributed by atoms with Crippen LogP contribution in [-0.2, 0) is 28.5 Å². The second-order valence-electron chi connectivity index (χ2n) is 23.4. The summed E-state index contributed by atoms with van der Waals surface area (Å²) in [7, 11) is 0. The van der Waals surface area contributed by atoms with E-state index in [4.69, 9.17) is 28.4 Å². The maximum Gasteiger partial charge on any atom is 0.339 e. The van der Waals surface area contributed by atoms with Crippen LogP contribution < -0.4 is 9.47 Å². The number of nitrogens with zero attached hydrogens (tertiary/aromatic N) is 4. The standard InChI is InChI=1S/C82H72F4N4O10/c1-3-77(91)97-47-11-7-5-9-45-95-75-37-33-67(34-38-75)65-25-29-69(30-26-65)79(93)99-81(57-89-87-55-61-19-13-59(14-20-61)17-23-63-49-71(83)53-72(84)50-63)41-43-82(44-42-81,58-90-88-56-62-21-15-60(16-22-62)18-24-64-51-73(85)54-74(86)52-64)100-80(94)70-31-27-66(28-32-70)68-35-39-76(40-36-68)96-46-10-6-8-12-48-98-78(92)4-2/h3-4,13-16,19-22,25-40,49-58H,1-2,5-12,41-48H2/b87-55+,88-56+,89-57+,90-58+. The Labute approximate surface area is 578 Å². The van der Waals surface area contributed by atoms with Gasteiger partial charge in [0.15, 0.2) is 0 Å². The monoisotopic (exact) mass is 1350 g/mol. The van der Waals surface area contributed by atoms with E-state index in [0.717, 1.165) is 122 Å². The van der Waals surface area contributed by atoms with Crippen molar-refractivity contribution in [2.75, 3.05) is 26.4 Å². The minimum absolute atomic E-state index is 0.0848. The molecule has 14 nitrogen and oxygen atoms in total. The second-order valence-corrected chi connectivity index (χ2v) is 23.4. The first kappa shape index (κ1) is 72.5. The van der Waals surface area contributed by atoms with E-state index in [1.165, 1.54) is 24.9 Å². The summed E-state index contributed by atoms with van der Waals surface area (Å²) in [5, 5.41) is 17.5. The maximum atomic E-state index is 14.4. The smallest absolute Gasteiger partial charge is 0.339 e. The van der Waals surface area contributed by atoms with Crippen LogP contribution in [0.2, 0.25) is 0 Å². The topological polar surface area (TPSA) is 173 Å². The number of hydrogen-bond acceptors (Lipinski definition) is 14. The fourth-order valence-corrected chi connectivity index (χ4v) is 10.5. The number of hydrogen-bond donors (Lipinski definition) is 0. The zero-order valence-corrected chi connectivity index (χ0v) is 54.9. The lowest BCUT2D eigenvalue weighted by molar-refractivity contribution is -0.138. The zero-order valence-electron chi connectivity index (χ0n) is 54.9. The molecule has 0 saturated heterocycles. The van der Waals surface area contributed by atoms with Crippen LogP contribution >= 0.6 is 0 Å². The molecule has 0 spiro atoms. The van der Waals surface area contributed by atoms with Crippen molar-refractivity contribution in [3.63, 3.8) is 0 Å². The molecule has 9 rings (SSSR count). The van der Waals surface area contributed by atoms with Crippen molar-refractivity contribution in [2.45, 2.75) is 88.3 Å². The van der Waals surface area contributed by atoms with E-state index in [2.05, 4.69) is 57.2 Å². The van der Waals surface area contributed by atoms with Crippen molar-refractivity contribution >= 4 is 48.7 Å². The first-order valence-electron chi connectivity index (χ1n) is 32.6. The minimum atomic E-state index is -1.38. The molecule has 508 valence electrons. The Hall–Kier alpha value is -11.8. The Morgan fingerprint density at radius 2 is 0.690 bits per heavy atom. The molecular weight excluding hydrogens is 1280 g/mol.